The molecule has 1 aliphatic rings. The molecule has 3 aromatic carbocycles. The Morgan fingerprint density at radius 3 is 2.09 bits per heavy atom. The molecule has 0 atom stereocenters. The number of nitrogens with one attached hydrogen (secondary N) is 2. The van der Waals surface area contributed by atoms with E-state index in [9.17, 15) is 0 Å². The largest absolute Gasteiger partial charge is 0.299 e. The van der Waals surface area contributed by atoms with E-state index >= 15 is 0 Å². The van der Waals surface area contributed by atoms with Gasteiger partial charge in [-0.3, -0.25) is 10.8 Å². The Kier molecular flexibility index (Phi) is 2.76. The molecule has 2 heteroatoms. The molecular weight excluding hydrogens is 268 g/mol. The van der Waals surface area contributed by atoms with Gasteiger partial charge in [0.1, 0.15) is 0 Å². The molecule has 4 rings (SSSR count). The van der Waals surface area contributed by atoms with E-state index in [1.165, 1.54) is 21.5 Å². The molecule has 0 unspecified atom stereocenters. The van der Waals surface area contributed by atoms with Gasteiger partial charge in [0.05, 0.1) is 11.4 Å². The van der Waals surface area contributed by atoms with Crippen molar-refractivity contribution in [1.82, 2.24) is 0 Å². The van der Waals surface area contributed by atoms with Gasteiger partial charge in [-0.25, -0.2) is 0 Å². The Hall–Kier alpha value is -3.00. The summed E-state index contributed by atoms with van der Waals surface area (Å²) in [7, 11) is 0. The molecule has 0 heterocycles. The molecule has 0 spiro atoms. The monoisotopic (exact) mass is 282 g/mol. The van der Waals surface area contributed by atoms with Crippen LogP contribution in [0.1, 0.15) is 5.56 Å². The molecule has 0 saturated heterocycles. The summed E-state index contributed by atoms with van der Waals surface area (Å²) in [6, 6.07) is 18.9. The highest BCUT2D eigenvalue weighted by Crippen LogP contribution is 2.33. The lowest BCUT2D eigenvalue weighted by Gasteiger charge is -2.14. The lowest BCUT2D eigenvalue weighted by Crippen LogP contribution is -2.09. The van der Waals surface area contributed by atoms with Crippen LogP contribution >= 0.6 is 0 Å². The maximum Gasteiger partial charge on any atom is 0.0795 e. The predicted octanol–water partition coefficient (Wildman–Crippen LogP) is 4.99. The number of allylic oxidation sites excluding steroid dienone is 4. The average Bonchev–Trinajstić information content (AvgIpc) is 2.57. The van der Waals surface area contributed by atoms with Crippen LogP contribution in [0.25, 0.3) is 27.1 Å². The first-order chi connectivity index (χ1) is 10.7. The highest BCUT2D eigenvalue weighted by Gasteiger charge is 2.12. The summed E-state index contributed by atoms with van der Waals surface area (Å²) in [6.07, 6.45) is 5.40. The molecule has 0 saturated carbocycles. The zero-order valence-corrected chi connectivity index (χ0v) is 11.9. The van der Waals surface area contributed by atoms with Crippen LogP contribution in [0, 0.1) is 10.8 Å². The summed E-state index contributed by atoms with van der Waals surface area (Å²) in [5.74, 6) is 0. The van der Waals surface area contributed by atoms with Crippen LogP contribution in [-0.4, -0.2) is 11.4 Å². The molecule has 0 bridgehead atoms. The second-order valence-electron chi connectivity index (χ2n) is 5.45. The summed E-state index contributed by atoms with van der Waals surface area (Å²) < 4.78 is 0. The Morgan fingerprint density at radius 2 is 1.32 bits per heavy atom. The highest BCUT2D eigenvalue weighted by atomic mass is 14.5. The van der Waals surface area contributed by atoms with Gasteiger partial charge in [-0.15, -0.1) is 0 Å². The SMILES string of the molecule is N=C1C=CC(c2cc3ccccc3c3ccccc23)=CC1=N. The summed E-state index contributed by atoms with van der Waals surface area (Å²) in [5, 5.41) is 20.4. The van der Waals surface area contributed by atoms with Crippen molar-refractivity contribution in [3.63, 3.8) is 0 Å². The van der Waals surface area contributed by atoms with Crippen molar-refractivity contribution in [3.05, 3.63) is 78.4 Å². The predicted molar refractivity (Wildman–Crippen MR) is 94.0 cm³/mol. The van der Waals surface area contributed by atoms with Crippen LogP contribution in [0.5, 0.6) is 0 Å². The number of fused-ring (bicyclic) bond motifs is 3. The van der Waals surface area contributed by atoms with E-state index in [4.69, 9.17) is 10.8 Å². The zero-order chi connectivity index (χ0) is 15.1. The van der Waals surface area contributed by atoms with E-state index in [1.54, 1.807) is 12.2 Å². The normalized spacial score (nSPS) is 14.6. The Bertz CT molecular complexity index is 1010. The number of hydrogen-bond donors (Lipinski definition) is 2. The fourth-order valence-corrected chi connectivity index (χ4v) is 3.00. The van der Waals surface area contributed by atoms with Crippen LogP contribution < -0.4 is 0 Å². The van der Waals surface area contributed by atoms with E-state index in [2.05, 4.69) is 42.5 Å². The zero-order valence-electron chi connectivity index (χ0n) is 11.9. The van der Waals surface area contributed by atoms with Gasteiger partial charge in [-0.1, -0.05) is 54.6 Å². The highest BCUT2D eigenvalue weighted by molar-refractivity contribution is 6.50. The average molecular weight is 282 g/mol. The molecule has 3 aromatic rings. The Balaban J connectivity index is 2.09. The molecular formula is C20H14N2. The van der Waals surface area contributed by atoms with E-state index in [-0.39, 0.29) is 11.4 Å². The Morgan fingerprint density at radius 1 is 0.636 bits per heavy atom. The molecule has 0 amide bonds. The maximum absolute atomic E-state index is 7.89. The van der Waals surface area contributed by atoms with Gasteiger partial charge in [0.15, 0.2) is 0 Å². The fraction of sp³-hybridized carbons (Fsp3) is 0. The van der Waals surface area contributed by atoms with Gasteiger partial charge in [0.2, 0.25) is 0 Å². The topological polar surface area (TPSA) is 47.7 Å². The third kappa shape index (κ3) is 1.89. The van der Waals surface area contributed by atoms with Gasteiger partial charge in [0.25, 0.3) is 0 Å². The molecule has 2 nitrogen and oxygen atoms in total. The first kappa shape index (κ1) is 12.7. The van der Waals surface area contributed by atoms with Crippen LogP contribution in [0.15, 0.2) is 72.8 Å². The number of benzene rings is 3. The number of rotatable bonds is 1. The summed E-state index contributed by atoms with van der Waals surface area (Å²) in [6.45, 7) is 0. The molecule has 0 fully saturated rings. The molecule has 0 radical (unpaired) electrons. The first-order valence-corrected chi connectivity index (χ1v) is 7.22. The van der Waals surface area contributed by atoms with Gasteiger partial charge in [-0.2, -0.15) is 0 Å². The minimum atomic E-state index is 0.258. The molecule has 104 valence electrons. The molecule has 0 aliphatic heterocycles. The maximum atomic E-state index is 7.89. The van der Waals surface area contributed by atoms with Crippen molar-refractivity contribution in [2.24, 2.45) is 0 Å². The summed E-state index contributed by atoms with van der Waals surface area (Å²) >= 11 is 0. The third-order valence-electron chi connectivity index (χ3n) is 4.10. The van der Waals surface area contributed by atoms with Crippen LogP contribution in [0.4, 0.5) is 0 Å². The van der Waals surface area contributed by atoms with Crippen LogP contribution in [0.2, 0.25) is 0 Å². The van der Waals surface area contributed by atoms with Crippen molar-refractivity contribution < 1.29 is 0 Å². The molecule has 22 heavy (non-hydrogen) atoms. The van der Waals surface area contributed by atoms with Crippen LogP contribution in [-0.2, 0) is 0 Å². The van der Waals surface area contributed by atoms with Crippen molar-refractivity contribution in [2.45, 2.75) is 0 Å². The van der Waals surface area contributed by atoms with Crippen molar-refractivity contribution in [2.75, 3.05) is 0 Å². The molecule has 2 N–H and O–H groups in total. The first-order valence-electron chi connectivity index (χ1n) is 7.22. The van der Waals surface area contributed by atoms with Crippen molar-refractivity contribution in [3.8, 4) is 0 Å². The Labute approximate surface area is 128 Å². The summed E-state index contributed by atoms with van der Waals surface area (Å²) in [4.78, 5) is 0. The van der Waals surface area contributed by atoms with E-state index in [0.29, 0.717) is 0 Å². The van der Waals surface area contributed by atoms with E-state index < -0.39 is 0 Å². The molecule has 0 aromatic heterocycles. The third-order valence-corrected chi connectivity index (χ3v) is 4.10. The van der Waals surface area contributed by atoms with Gasteiger partial charge >= 0.3 is 0 Å². The van der Waals surface area contributed by atoms with Gasteiger partial charge in [-0.05, 0) is 50.9 Å². The quantitative estimate of drug-likeness (QED) is 0.467. The van der Waals surface area contributed by atoms with E-state index in [0.717, 1.165) is 11.1 Å². The van der Waals surface area contributed by atoms with E-state index in [1.807, 2.05) is 18.2 Å². The smallest absolute Gasteiger partial charge is 0.0795 e. The number of hydrogen-bond acceptors (Lipinski definition) is 2. The van der Waals surface area contributed by atoms with Crippen molar-refractivity contribution in [1.29, 1.82) is 10.8 Å². The van der Waals surface area contributed by atoms with Crippen molar-refractivity contribution >= 4 is 38.5 Å². The summed E-state index contributed by atoms with van der Waals surface area (Å²) in [5.41, 5.74) is 2.62. The fourth-order valence-electron chi connectivity index (χ4n) is 3.00. The second-order valence-corrected chi connectivity index (χ2v) is 5.45. The minimum absolute atomic E-state index is 0.258. The molecule has 1 aliphatic carbocycles. The van der Waals surface area contributed by atoms with Gasteiger partial charge in [0, 0.05) is 0 Å². The van der Waals surface area contributed by atoms with Crippen LogP contribution in [0.3, 0.4) is 0 Å². The second kappa shape index (κ2) is 4.78. The van der Waals surface area contributed by atoms with Gasteiger partial charge < -0.3 is 0 Å². The minimum Gasteiger partial charge on any atom is -0.299 e. The standard InChI is InChI=1S/C20H14N2/c21-19-10-9-14(12-20(19)22)18-11-13-5-1-2-6-15(13)16-7-3-4-8-17(16)18/h1-12,21-22H. The lowest BCUT2D eigenvalue weighted by atomic mass is 9.90. The lowest BCUT2D eigenvalue weighted by molar-refractivity contribution is 1.49.